The summed E-state index contributed by atoms with van der Waals surface area (Å²) in [4.78, 5) is 0. The molecule has 0 aromatic heterocycles. The van der Waals surface area contributed by atoms with Gasteiger partial charge in [0.2, 0.25) is 0 Å². The van der Waals surface area contributed by atoms with Crippen molar-refractivity contribution in [3.05, 3.63) is 9.93 Å². The summed E-state index contributed by atoms with van der Waals surface area (Å²) in [6, 6.07) is 0. The van der Waals surface area contributed by atoms with Crippen LogP contribution in [0.15, 0.2) is 9.93 Å². The number of sulfone groups is 1. The van der Waals surface area contributed by atoms with Crippen molar-refractivity contribution >= 4 is 19.9 Å². The van der Waals surface area contributed by atoms with Crippen LogP contribution in [0, 0.1) is 0 Å². The maximum Gasteiger partial charge on any atom is 0.256 e. The minimum Gasteiger partial charge on any atom is -0.399 e. The van der Waals surface area contributed by atoms with Crippen molar-refractivity contribution in [1.29, 1.82) is 0 Å². The van der Waals surface area contributed by atoms with Gasteiger partial charge in [-0.3, -0.25) is 0 Å². The Bertz CT molecular complexity index is 613. The van der Waals surface area contributed by atoms with Crippen LogP contribution in [-0.2, 0) is 19.9 Å². The fourth-order valence-corrected chi connectivity index (χ4v) is 7.42. The molecule has 0 amide bonds. The zero-order valence-electron chi connectivity index (χ0n) is 11.2. The van der Waals surface area contributed by atoms with E-state index in [1.165, 1.54) is 4.31 Å². The van der Waals surface area contributed by atoms with Gasteiger partial charge in [0, 0.05) is 12.8 Å². The molecule has 0 saturated heterocycles. The first-order chi connectivity index (χ1) is 8.68. The molecule has 19 heavy (non-hydrogen) atoms. The molecule has 0 radical (unpaired) electrons. The van der Waals surface area contributed by atoms with Crippen molar-refractivity contribution in [3.8, 4) is 0 Å². The van der Waals surface area contributed by atoms with Gasteiger partial charge in [0.25, 0.3) is 10.0 Å². The lowest BCUT2D eigenvalue weighted by Crippen LogP contribution is -2.48. The third-order valence-electron chi connectivity index (χ3n) is 3.92. The van der Waals surface area contributed by atoms with Gasteiger partial charge in [-0.05, 0) is 19.3 Å². The lowest BCUT2D eigenvalue weighted by molar-refractivity contribution is 0.241. The van der Waals surface area contributed by atoms with E-state index in [0.29, 0.717) is 25.8 Å². The first-order valence-corrected chi connectivity index (χ1v) is 9.74. The average Bonchev–Trinajstić information content (AvgIpc) is 2.77. The van der Waals surface area contributed by atoms with Gasteiger partial charge in [-0.2, -0.15) is 4.31 Å². The van der Waals surface area contributed by atoms with Crippen LogP contribution in [0.4, 0.5) is 0 Å². The van der Waals surface area contributed by atoms with Crippen LogP contribution < -0.4 is 5.73 Å². The van der Waals surface area contributed by atoms with E-state index in [1.807, 2.05) is 6.92 Å². The van der Waals surface area contributed by atoms with Crippen LogP contribution in [0.3, 0.4) is 0 Å². The van der Waals surface area contributed by atoms with Crippen molar-refractivity contribution in [2.24, 2.45) is 5.73 Å². The monoisotopic (exact) mass is 308 g/mol. The smallest absolute Gasteiger partial charge is 0.256 e. The van der Waals surface area contributed by atoms with Crippen molar-refractivity contribution < 1.29 is 16.8 Å². The Hall–Kier alpha value is -0.600. The molecular weight excluding hydrogens is 288 g/mol. The van der Waals surface area contributed by atoms with Crippen LogP contribution in [0.1, 0.15) is 39.0 Å². The normalized spacial score (nSPS) is 26.4. The van der Waals surface area contributed by atoms with Crippen molar-refractivity contribution in [1.82, 2.24) is 4.31 Å². The lowest BCUT2D eigenvalue weighted by Gasteiger charge is -2.34. The first-order valence-electron chi connectivity index (χ1n) is 6.41. The van der Waals surface area contributed by atoms with Crippen LogP contribution >= 0.6 is 0 Å². The van der Waals surface area contributed by atoms with Gasteiger partial charge < -0.3 is 5.73 Å². The molecular formula is C11H20N2O4S2. The van der Waals surface area contributed by atoms with E-state index in [9.17, 15) is 16.8 Å². The number of hydrogen-bond acceptors (Lipinski definition) is 5. The van der Waals surface area contributed by atoms with Gasteiger partial charge in [0.05, 0.1) is 11.2 Å². The van der Waals surface area contributed by atoms with Crippen LogP contribution in [-0.4, -0.2) is 39.5 Å². The molecule has 1 heterocycles. The first kappa shape index (κ1) is 14.8. The molecule has 0 atom stereocenters. The molecule has 8 heteroatoms. The highest BCUT2D eigenvalue weighted by atomic mass is 32.3. The van der Waals surface area contributed by atoms with Gasteiger partial charge in [-0.25, -0.2) is 16.8 Å². The number of hydrogen-bond donors (Lipinski definition) is 1. The molecule has 1 aliphatic carbocycles. The van der Waals surface area contributed by atoms with Crippen molar-refractivity contribution in [2.75, 3.05) is 12.8 Å². The second-order valence-corrected chi connectivity index (χ2v) is 9.30. The SMILES string of the molecule is CCCN1C2(CCCC2)C(N)=C(S(C)(=O)=O)S1(=O)=O. The zero-order chi connectivity index (χ0) is 14.5. The Kier molecular flexibility index (Phi) is 3.47. The Labute approximate surface area is 114 Å². The average molecular weight is 308 g/mol. The Morgan fingerprint density at radius 3 is 2.26 bits per heavy atom. The number of nitrogens with two attached hydrogens (primary N) is 1. The number of rotatable bonds is 3. The molecule has 6 nitrogen and oxygen atoms in total. The van der Waals surface area contributed by atoms with E-state index in [-0.39, 0.29) is 5.70 Å². The van der Waals surface area contributed by atoms with Crippen molar-refractivity contribution in [3.63, 3.8) is 0 Å². The summed E-state index contributed by atoms with van der Waals surface area (Å²) >= 11 is 0. The largest absolute Gasteiger partial charge is 0.399 e. The molecule has 2 rings (SSSR count). The van der Waals surface area contributed by atoms with E-state index in [2.05, 4.69) is 0 Å². The van der Waals surface area contributed by atoms with Gasteiger partial charge >= 0.3 is 0 Å². The van der Waals surface area contributed by atoms with Gasteiger partial charge in [0.1, 0.15) is 0 Å². The highest BCUT2D eigenvalue weighted by Gasteiger charge is 2.57. The predicted octanol–water partition coefficient (Wildman–Crippen LogP) is 0.527. The Morgan fingerprint density at radius 2 is 1.84 bits per heavy atom. The molecule has 0 aromatic rings. The Balaban J connectivity index is 2.70. The zero-order valence-corrected chi connectivity index (χ0v) is 12.8. The van der Waals surface area contributed by atoms with Crippen LogP contribution in [0.25, 0.3) is 0 Å². The maximum absolute atomic E-state index is 12.5. The second kappa shape index (κ2) is 4.46. The molecule has 2 N–H and O–H groups in total. The van der Waals surface area contributed by atoms with Gasteiger partial charge in [-0.1, -0.05) is 19.8 Å². The molecule has 0 aromatic carbocycles. The molecule has 1 fully saturated rings. The molecule has 2 aliphatic rings. The topological polar surface area (TPSA) is 97.5 Å². The summed E-state index contributed by atoms with van der Waals surface area (Å²) in [7, 11) is -7.84. The van der Waals surface area contributed by atoms with Crippen molar-refractivity contribution in [2.45, 2.75) is 44.6 Å². The minimum atomic E-state index is -3.99. The summed E-state index contributed by atoms with van der Waals surface area (Å²) < 4.78 is 49.4. The van der Waals surface area contributed by atoms with E-state index in [4.69, 9.17) is 5.73 Å². The van der Waals surface area contributed by atoms with Crippen LogP contribution in [0.2, 0.25) is 0 Å². The van der Waals surface area contributed by atoms with Gasteiger partial charge in [0.15, 0.2) is 14.1 Å². The molecule has 0 bridgehead atoms. The van der Waals surface area contributed by atoms with E-state index < -0.39 is 29.6 Å². The Morgan fingerprint density at radius 1 is 1.32 bits per heavy atom. The highest BCUT2D eigenvalue weighted by molar-refractivity contribution is 8.13. The molecule has 1 aliphatic heterocycles. The number of nitrogens with zero attached hydrogens (tertiary/aromatic N) is 1. The van der Waals surface area contributed by atoms with Crippen LogP contribution in [0.5, 0.6) is 0 Å². The third-order valence-corrected chi connectivity index (χ3v) is 8.15. The molecule has 110 valence electrons. The standard InChI is InChI=1S/C11H20N2O4S2/c1-3-8-13-11(6-4-5-7-11)9(12)10(18(2,14)15)19(13,16)17/h3-8,12H2,1-2H3. The minimum absolute atomic E-state index is 0.0287. The summed E-state index contributed by atoms with van der Waals surface area (Å²) in [6.45, 7) is 2.18. The molecule has 1 saturated carbocycles. The third kappa shape index (κ3) is 2.00. The van der Waals surface area contributed by atoms with E-state index in [1.54, 1.807) is 0 Å². The summed E-state index contributed by atoms with van der Waals surface area (Å²) in [6.07, 6.45) is 4.49. The number of sulfonamides is 1. The van der Waals surface area contributed by atoms with E-state index >= 15 is 0 Å². The van der Waals surface area contributed by atoms with E-state index in [0.717, 1.165) is 19.1 Å². The fraction of sp³-hybridized carbons (Fsp3) is 0.818. The van der Waals surface area contributed by atoms with Gasteiger partial charge in [-0.15, -0.1) is 0 Å². The quantitative estimate of drug-likeness (QED) is 0.820. The predicted molar refractivity (Wildman–Crippen MR) is 73.2 cm³/mol. The molecule has 0 unspecified atom stereocenters. The summed E-state index contributed by atoms with van der Waals surface area (Å²) in [5, 5.41) is 0. The summed E-state index contributed by atoms with van der Waals surface area (Å²) in [5.41, 5.74) is 5.21. The summed E-state index contributed by atoms with van der Waals surface area (Å²) in [5.74, 6) is 0. The molecule has 1 spiro atoms. The fourth-order valence-electron chi connectivity index (χ4n) is 3.20. The second-order valence-electron chi connectivity index (χ2n) is 5.29. The highest BCUT2D eigenvalue weighted by Crippen LogP contribution is 2.49. The maximum atomic E-state index is 12.5. The lowest BCUT2D eigenvalue weighted by atomic mass is 9.94.